The van der Waals surface area contributed by atoms with Crippen LogP contribution in [0.3, 0.4) is 0 Å². The summed E-state index contributed by atoms with van der Waals surface area (Å²) in [4.78, 5) is 11.1. The van der Waals surface area contributed by atoms with Crippen molar-refractivity contribution in [3.05, 3.63) is 23.8 Å². The molecule has 1 saturated carbocycles. The maximum atomic E-state index is 11.1. The van der Waals surface area contributed by atoms with Gasteiger partial charge < -0.3 is 4.74 Å². The van der Waals surface area contributed by atoms with Crippen LogP contribution >= 0.6 is 0 Å². The predicted octanol–water partition coefficient (Wildman–Crippen LogP) is 1.44. The third-order valence-corrected chi connectivity index (χ3v) is 2.41. The maximum absolute atomic E-state index is 11.1. The first kappa shape index (κ1) is 6.65. The molecule has 1 fully saturated rings. The Balaban J connectivity index is 2.23. The van der Waals surface area contributed by atoms with E-state index < -0.39 is 0 Å². The van der Waals surface area contributed by atoms with Gasteiger partial charge in [-0.1, -0.05) is 18.2 Å². The predicted molar refractivity (Wildman–Crippen MR) is 40.9 cm³/mol. The van der Waals surface area contributed by atoms with Crippen molar-refractivity contribution in [2.24, 2.45) is 5.41 Å². The molecule has 0 atom stereocenters. The van der Waals surface area contributed by atoms with E-state index in [2.05, 4.69) is 10.8 Å². The van der Waals surface area contributed by atoms with Crippen LogP contribution in [0.15, 0.2) is 23.8 Å². The van der Waals surface area contributed by atoms with Gasteiger partial charge in [-0.05, 0) is 12.8 Å². The third-order valence-electron chi connectivity index (χ3n) is 2.41. The molecule has 0 unspecified atom stereocenters. The van der Waals surface area contributed by atoms with Gasteiger partial charge in [-0.3, -0.25) is 0 Å². The Hall–Kier alpha value is -1.05. The van der Waals surface area contributed by atoms with Crippen molar-refractivity contribution >= 4 is 5.97 Å². The highest BCUT2D eigenvalue weighted by atomic mass is 16.5. The molecule has 0 radical (unpaired) electrons. The zero-order valence-corrected chi connectivity index (χ0v) is 6.46. The molecule has 0 heterocycles. The number of hydrogen-bond donors (Lipinski definition) is 0. The largest absolute Gasteiger partial charge is 0.466 e. The molecule has 0 aromatic rings. The lowest BCUT2D eigenvalue weighted by Crippen LogP contribution is -2.11. The first-order valence-electron chi connectivity index (χ1n) is 3.77. The quantitative estimate of drug-likeness (QED) is 0.528. The van der Waals surface area contributed by atoms with Gasteiger partial charge in [0.25, 0.3) is 0 Å². The molecular weight excluding hydrogens is 140 g/mol. The Morgan fingerprint density at radius 1 is 1.64 bits per heavy atom. The molecule has 0 aromatic heterocycles. The lowest BCUT2D eigenvalue weighted by molar-refractivity contribution is -0.136. The third kappa shape index (κ3) is 0.821. The Morgan fingerprint density at radius 2 is 2.36 bits per heavy atom. The van der Waals surface area contributed by atoms with Gasteiger partial charge in [0.05, 0.1) is 7.11 Å². The molecular formula is C9H10O2. The van der Waals surface area contributed by atoms with Gasteiger partial charge in [-0.25, -0.2) is 4.79 Å². The summed E-state index contributed by atoms with van der Waals surface area (Å²) in [5.74, 6) is -0.174. The van der Waals surface area contributed by atoms with Crippen LogP contribution < -0.4 is 0 Å². The van der Waals surface area contributed by atoms with E-state index >= 15 is 0 Å². The van der Waals surface area contributed by atoms with Crippen LogP contribution in [0.25, 0.3) is 0 Å². The van der Waals surface area contributed by atoms with Gasteiger partial charge in [-0.15, -0.1) is 0 Å². The molecule has 2 aliphatic carbocycles. The van der Waals surface area contributed by atoms with E-state index in [0.717, 1.165) is 18.4 Å². The van der Waals surface area contributed by atoms with Gasteiger partial charge in [-0.2, -0.15) is 0 Å². The van der Waals surface area contributed by atoms with E-state index in [1.165, 1.54) is 7.11 Å². The second kappa shape index (κ2) is 1.97. The zero-order chi connectivity index (χ0) is 7.90. The van der Waals surface area contributed by atoms with Crippen LogP contribution in [0.4, 0.5) is 0 Å². The molecule has 2 rings (SSSR count). The highest BCUT2D eigenvalue weighted by molar-refractivity contribution is 5.92. The molecule has 0 bridgehead atoms. The van der Waals surface area contributed by atoms with Gasteiger partial charge in [0.15, 0.2) is 0 Å². The van der Waals surface area contributed by atoms with Crippen molar-refractivity contribution in [1.29, 1.82) is 0 Å². The number of esters is 1. The topological polar surface area (TPSA) is 26.3 Å². The summed E-state index contributed by atoms with van der Waals surface area (Å²) in [6.07, 6.45) is 8.10. The summed E-state index contributed by atoms with van der Waals surface area (Å²) in [7, 11) is 1.43. The molecule has 58 valence electrons. The molecule has 11 heavy (non-hydrogen) atoms. The number of carbonyl (C=O) groups excluding carboxylic acids is 1. The molecule has 0 saturated heterocycles. The number of carbonyl (C=O) groups is 1. The van der Waals surface area contributed by atoms with Gasteiger partial charge in [0.1, 0.15) is 0 Å². The molecule has 2 nitrogen and oxygen atoms in total. The molecule has 0 aromatic carbocycles. The van der Waals surface area contributed by atoms with Crippen molar-refractivity contribution in [2.75, 3.05) is 7.11 Å². The number of ether oxygens (including phenoxy) is 1. The summed E-state index contributed by atoms with van der Waals surface area (Å²) in [5.41, 5.74) is 0.924. The molecule has 0 N–H and O–H groups in total. The van der Waals surface area contributed by atoms with E-state index in [9.17, 15) is 4.79 Å². The Bertz CT molecular complexity index is 257. The summed E-state index contributed by atoms with van der Waals surface area (Å²) in [6, 6.07) is 0. The Kier molecular flexibility index (Phi) is 1.19. The molecule has 2 aliphatic rings. The van der Waals surface area contributed by atoms with Gasteiger partial charge in [0.2, 0.25) is 0 Å². The van der Waals surface area contributed by atoms with E-state index in [1.807, 2.05) is 12.2 Å². The number of hydrogen-bond acceptors (Lipinski definition) is 2. The normalized spacial score (nSPS) is 23.5. The van der Waals surface area contributed by atoms with Crippen molar-refractivity contribution in [1.82, 2.24) is 0 Å². The van der Waals surface area contributed by atoms with Gasteiger partial charge in [0, 0.05) is 11.0 Å². The molecule has 2 heteroatoms. The van der Waals surface area contributed by atoms with Crippen LogP contribution in [0.5, 0.6) is 0 Å². The summed E-state index contributed by atoms with van der Waals surface area (Å²) >= 11 is 0. The maximum Gasteiger partial charge on any atom is 0.334 e. The van der Waals surface area contributed by atoms with Crippen molar-refractivity contribution in [2.45, 2.75) is 12.8 Å². The van der Waals surface area contributed by atoms with Crippen LogP contribution in [-0.2, 0) is 9.53 Å². The van der Waals surface area contributed by atoms with E-state index in [4.69, 9.17) is 0 Å². The minimum Gasteiger partial charge on any atom is -0.466 e. The van der Waals surface area contributed by atoms with E-state index in [0.29, 0.717) is 0 Å². The molecule has 0 aliphatic heterocycles. The Morgan fingerprint density at radius 3 is 2.91 bits per heavy atom. The number of rotatable bonds is 1. The summed E-state index contributed by atoms with van der Waals surface area (Å²) < 4.78 is 4.66. The first-order chi connectivity index (χ1) is 5.28. The van der Waals surface area contributed by atoms with Crippen molar-refractivity contribution in [3.63, 3.8) is 0 Å². The minimum absolute atomic E-state index is 0.0904. The summed E-state index contributed by atoms with van der Waals surface area (Å²) in [5, 5.41) is 0. The minimum atomic E-state index is -0.174. The summed E-state index contributed by atoms with van der Waals surface area (Å²) in [6.45, 7) is 0. The number of methoxy groups -OCH3 is 1. The average molecular weight is 150 g/mol. The standard InChI is InChI=1S/C9H10O2/c1-11-8(10)7-3-2-4-9(7)5-6-9/h2-4H,5-6H2,1H3. The average Bonchev–Trinajstić information content (AvgIpc) is 2.63. The first-order valence-corrected chi connectivity index (χ1v) is 3.77. The Labute approximate surface area is 65.5 Å². The highest BCUT2D eigenvalue weighted by Gasteiger charge is 2.48. The second-order valence-corrected chi connectivity index (χ2v) is 3.09. The van der Waals surface area contributed by atoms with Crippen molar-refractivity contribution < 1.29 is 9.53 Å². The van der Waals surface area contributed by atoms with Crippen LogP contribution in [-0.4, -0.2) is 13.1 Å². The van der Waals surface area contributed by atoms with E-state index in [-0.39, 0.29) is 11.4 Å². The van der Waals surface area contributed by atoms with Crippen LogP contribution in [0.1, 0.15) is 12.8 Å². The van der Waals surface area contributed by atoms with E-state index in [1.54, 1.807) is 0 Å². The molecule has 0 amide bonds. The van der Waals surface area contributed by atoms with Crippen LogP contribution in [0.2, 0.25) is 0 Å². The lowest BCUT2D eigenvalue weighted by Gasteiger charge is -2.07. The van der Waals surface area contributed by atoms with Gasteiger partial charge >= 0.3 is 5.97 Å². The fourth-order valence-electron chi connectivity index (χ4n) is 1.54. The fourth-order valence-corrected chi connectivity index (χ4v) is 1.54. The zero-order valence-electron chi connectivity index (χ0n) is 6.46. The monoisotopic (exact) mass is 150 g/mol. The fraction of sp³-hybridized carbons (Fsp3) is 0.444. The second-order valence-electron chi connectivity index (χ2n) is 3.09. The highest BCUT2D eigenvalue weighted by Crippen LogP contribution is 2.55. The smallest absolute Gasteiger partial charge is 0.334 e. The lowest BCUT2D eigenvalue weighted by atomic mass is 10.0. The van der Waals surface area contributed by atoms with Crippen LogP contribution in [0, 0.1) is 5.41 Å². The van der Waals surface area contributed by atoms with Crippen molar-refractivity contribution in [3.8, 4) is 0 Å². The molecule has 1 spiro atoms. The number of allylic oxidation sites excluding steroid dienone is 3. The SMILES string of the molecule is COC(=O)C1=CC=CC12CC2.